The molecule has 0 bridgehead atoms. The van der Waals surface area contributed by atoms with Gasteiger partial charge in [-0.15, -0.1) is 0 Å². The van der Waals surface area contributed by atoms with E-state index in [2.05, 4.69) is 22.9 Å². The Labute approximate surface area is 112 Å². The molecule has 1 aromatic heterocycles. The van der Waals surface area contributed by atoms with Crippen LogP contribution in [0.5, 0.6) is 0 Å². The van der Waals surface area contributed by atoms with Gasteiger partial charge in [-0.25, -0.2) is 4.98 Å². The molecule has 0 unspecified atom stereocenters. The molecule has 2 N–H and O–H groups in total. The van der Waals surface area contributed by atoms with Gasteiger partial charge in [-0.2, -0.15) is 0 Å². The molecule has 1 saturated heterocycles. The van der Waals surface area contributed by atoms with Gasteiger partial charge in [-0.1, -0.05) is 25.1 Å². The van der Waals surface area contributed by atoms with Crippen molar-refractivity contribution in [2.24, 2.45) is 17.6 Å². The van der Waals surface area contributed by atoms with Crippen molar-refractivity contribution in [3.05, 3.63) is 36.4 Å². The van der Waals surface area contributed by atoms with Gasteiger partial charge >= 0.3 is 0 Å². The summed E-state index contributed by atoms with van der Waals surface area (Å²) < 4.78 is 0. The molecule has 1 aliphatic heterocycles. The van der Waals surface area contributed by atoms with E-state index in [1.807, 2.05) is 30.3 Å². The zero-order valence-electron chi connectivity index (χ0n) is 10.9. The predicted octanol–water partition coefficient (Wildman–Crippen LogP) is 1.79. The highest BCUT2D eigenvalue weighted by molar-refractivity contribution is 5.81. The number of nitrogens with zero attached hydrogens (tertiary/aromatic N) is 2. The number of fused-ring (bicyclic) bond motifs is 1. The average Bonchev–Trinajstić information content (AvgIpc) is 2.80. The average molecular weight is 255 g/mol. The summed E-state index contributed by atoms with van der Waals surface area (Å²) in [5.41, 5.74) is 6.41. The van der Waals surface area contributed by atoms with E-state index < -0.39 is 0 Å². The molecule has 1 aliphatic rings. The minimum Gasteiger partial charge on any atom is -0.369 e. The van der Waals surface area contributed by atoms with Crippen molar-refractivity contribution in [3.8, 4) is 0 Å². The van der Waals surface area contributed by atoms with Crippen molar-refractivity contribution in [1.29, 1.82) is 0 Å². The molecule has 0 radical (unpaired) electrons. The van der Waals surface area contributed by atoms with E-state index in [1.54, 1.807) is 0 Å². The molecule has 1 amide bonds. The van der Waals surface area contributed by atoms with Gasteiger partial charge in [-0.05, 0) is 24.1 Å². The zero-order chi connectivity index (χ0) is 13.4. The van der Waals surface area contributed by atoms with E-state index in [0.29, 0.717) is 6.54 Å². The maximum Gasteiger partial charge on any atom is 0.222 e. The van der Waals surface area contributed by atoms with Crippen LogP contribution in [0.1, 0.15) is 6.92 Å². The molecule has 4 heteroatoms. The number of para-hydroxylation sites is 1. The monoisotopic (exact) mass is 255 g/mol. The molecular weight excluding hydrogens is 238 g/mol. The largest absolute Gasteiger partial charge is 0.369 e. The molecule has 3 rings (SSSR count). The van der Waals surface area contributed by atoms with Crippen LogP contribution in [0.25, 0.3) is 10.9 Å². The summed E-state index contributed by atoms with van der Waals surface area (Å²) in [5.74, 6) is 0.920. The lowest BCUT2D eigenvalue weighted by Crippen LogP contribution is -2.29. The molecule has 1 fully saturated rings. The lowest BCUT2D eigenvalue weighted by molar-refractivity contribution is -0.122. The maximum atomic E-state index is 11.4. The zero-order valence-corrected chi connectivity index (χ0v) is 10.9. The molecule has 2 atom stereocenters. The van der Waals surface area contributed by atoms with Crippen molar-refractivity contribution in [2.45, 2.75) is 6.92 Å². The van der Waals surface area contributed by atoms with Gasteiger partial charge in [0.15, 0.2) is 0 Å². The van der Waals surface area contributed by atoms with Crippen LogP contribution in [0.15, 0.2) is 36.4 Å². The molecule has 2 heterocycles. The first-order chi connectivity index (χ1) is 9.15. The molecule has 0 aliphatic carbocycles. The Hall–Kier alpha value is -2.10. The fourth-order valence-corrected chi connectivity index (χ4v) is 2.76. The number of anilines is 1. The number of hydrogen-bond acceptors (Lipinski definition) is 3. The number of hydrogen-bond donors (Lipinski definition) is 1. The Kier molecular flexibility index (Phi) is 2.85. The lowest BCUT2D eigenvalue weighted by Gasteiger charge is -2.17. The van der Waals surface area contributed by atoms with E-state index in [9.17, 15) is 4.79 Å². The van der Waals surface area contributed by atoms with E-state index >= 15 is 0 Å². The van der Waals surface area contributed by atoms with Crippen molar-refractivity contribution < 1.29 is 4.79 Å². The summed E-state index contributed by atoms with van der Waals surface area (Å²) in [7, 11) is 0. The summed E-state index contributed by atoms with van der Waals surface area (Å²) in [6.07, 6.45) is 0. The van der Waals surface area contributed by atoms with Gasteiger partial charge in [0.2, 0.25) is 5.91 Å². The molecule has 98 valence electrons. The highest BCUT2D eigenvalue weighted by Crippen LogP contribution is 2.27. The minimum atomic E-state index is -0.212. The number of aromatic nitrogens is 1. The van der Waals surface area contributed by atoms with Gasteiger partial charge in [0.1, 0.15) is 5.82 Å². The third-order valence-electron chi connectivity index (χ3n) is 3.89. The van der Waals surface area contributed by atoms with Gasteiger partial charge in [0.25, 0.3) is 0 Å². The van der Waals surface area contributed by atoms with Gasteiger partial charge in [0.05, 0.1) is 11.4 Å². The fraction of sp³-hybridized carbons (Fsp3) is 0.333. The first kappa shape index (κ1) is 12.0. The van der Waals surface area contributed by atoms with E-state index in [1.165, 1.54) is 0 Å². The van der Waals surface area contributed by atoms with Crippen LogP contribution in [0.2, 0.25) is 0 Å². The summed E-state index contributed by atoms with van der Waals surface area (Å²) in [6, 6.07) is 12.1. The smallest absolute Gasteiger partial charge is 0.222 e. The number of rotatable bonds is 2. The predicted molar refractivity (Wildman–Crippen MR) is 75.8 cm³/mol. The summed E-state index contributed by atoms with van der Waals surface area (Å²) >= 11 is 0. The Bertz CT molecular complexity index is 626. The second-order valence-corrected chi connectivity index (χ2v) is 5.25. The Morgan fingerprint density at radius 2 is 2.05 bits per heavy atom. The Morgan fingerprint density at radius 1 is 1.26 bits per heavy atom. The van der Waals surface area contributed by atoms with Crippen LogP contribution in [0.3, 0.4) is 0 Å². The topological polar surface area (TPSA) is 59.2 Å². The Morgan fingerprint density at radius 3 is 2.79 bits per heavy atom. The first-order valence-electron chi connectivity index (χ1n) is 6.55. The maximum absolute atomic E-state index is 11.4. The second-order valence-electron chi connectivity index (χ2n) is 5.25. The molecule has 0 spiro atoms. The van der Waals surface area contributed by atoms with Crippen LogP contribution >= 0.6 is 0 Å². The third kappa shape index (κ3) is 2.14. The van der Waals surface area contributed by atoms with E-state index in [-0.39, 0.29) is 17.7 Å². The number of amides is 1. The number of primary amides is 1. The lowest BCUT2D eigenvalue weighted by atomic mass is 9.98. The summed E-state index contributed by atoms with van der Waals surface area (Å²) in [4.78, 5) is 18.2. The van der Waals surface area contributed by atoms with Crippen LogP contribution < -0.4 is 10.6 Å². The number of pyridine rings is 1. The fourth-order valence-electron chi connectivity index (χ4n) is 2.76. The third-order valence-corrected chi connectivity index (χ3v) is 3.89. The normalized spacial score (nSPS) is 22.9. The molecule has 1 aromatic carbocycles. The van der Waals surface area contributed by atoms with E-state index in [4.69, 9.17) is 5.73 Å². The number of carbonyl (C=O) groups is 1. The molecule has 4 nitrogen and oxygen atoms in total. The van der Waals surface area contributed by atoms with Gasteiger partial charge in [0, 0.05) is 18.5 Å². The number of nitrogens with two attached hydrogens (primary N) is 1. The van der Waals surface area contributed by atoms with E-state index in [0.717, 1.165) is 23.3 Å². The van der Waals surface area contributed by atoms with Crippen molar-refractivity contribution in [1.82, 2.24) is 4.98 Å². The van der Waals surface area contributed by atoms with Crippen molar-refractivity contribution in [3.63, 3.8) is 0 Å². The van der Waals surface area contributed by atoms with Crippen LogP contribution in [-0.4, -0.2) is 24.0 Å². The Balaban J connectivity index is 1.91. The standard InChI is InChI=1S/C15H17N3O/c1-10-8-18(9-12(10)15(16)19)14-7-6-11-4-2-3-5-13(11)17-14/h2-7,10,12H,8-9H2,1H3,(H2,16,19)/t10-,12-/m1/s1. The molecular formula is C15H17N3O. The van der Waals surface area contributed by atoms with Crippen LogP contribution in [-0.2, 0) is 4.79 Å². The highest BCUT2D eigenvalue weighted by Gasteiger charge is 2.33. The van der Waals surface area contributed by atoms with Crippen LogP contribution in [0.4, 0.5) is 5.82 Å². The molecule has 0 saturated carbocycles. The van der Waals surface area contributed by atoms with Crippen molar-refractivity contribution >= 4 is 22.6 Å². The summed E-state index contributed by atoms with van der Waals surface area (Å²) in [6.45, 7) is 3.57. The van der Waals surface area contributed by atoms with Crippen LogP contribution in [0, 0.1) is 11.8 Å². The molecule has 2 aromatic rings. The number of benzene rings is 1. The highest BCUT2D eigenvalue weighted by atomic mass is 16.1. The van der Waals surface area contributed by atoms with Gasteiger partial charge in [-0.3, -0.25) is 4.79 Å². The van der Waals surface area contributed by atoms with Crippen molar-refractivity contribution in [2.75, 3.05) is 18.0 Å². The number of carbonyl (C=O) groups excluding carboxylic acids is 1. The second kappa shape index (κ2) is 4.53. The molecule has 19 heavy (non-hydrogen) atoms. The first-order valence-corrected chi connectivity index (χ1v) is 6.55. The summed E-state index contributed by atoms with van der Waals surface area (Å²) in [5, 5.41) is 1.13. The SMILES string of the molecule is C[C@@H]1CN(c2ccc3ccccc3n2)C[C@H]1C(N)=O. The quantitative estimate of drug-likeness (QED) is 0.890. The minimum absolute atomic E-state index is 0.0757. The van der Waals surface area contributed by atoms with Gasteiger partial charge < -0.3 is 10.6 Å².